The summed E-state index contributed by atoms with van der Waals surface area (Å²) in [6.45, 7) is 6.19. The van der Waals surface area contributed by atoms with Crippen molar-refractivity contribution in [2.24, 2.45) is 0 Å². The summed E-state index contributed by atoms with van der Waals surface area (Å²) in [7, 11) is 0. The summed E-state index contributed by atoms with van der Waals surface area (Å²) in [6.07, 6.45) is 3.10. The summed E-state index contributed by atoms with van der Waals surface area (Å²) in [4.78, 5) is 26.5. The number of nitrogens with one attached hydrogen (secondary N) is 1. The Bertz CT molecular complexity index is 876. The number of ether oxygens (including phenoxy) is 1. The van der Waals surface area contributed by atoms with Gasteiger partial charge in [0.2, 0.25) is 5.88 Å². The average Bonchev–Trinajstić information content (AvgIpc) is 2.88. The van der Waals surface area contributed by atoms with Crippen molar-refractivity contribution in [3.8, 4) is 5.88 Å². The van der Waals surface area contributed by atoms with E-state index in [1.807, 2.05) is 32.9 Å². The van der Waals surface area contributed by atoms with Gasteiger partial charge in [0.25, 0.3) is 5.91 Å². The van der Waals surface area contributed by atoms with E-state index in [2.05, 4.69) is 20.3 Å². The fourth-order valence-electron chi connectivity index (χ4n) is 2.28. The number of nitrogens with zero attached hydrogens (tertiary/aromatic N) is 3. The molecule has 7 heteroatoms. The molecule has 0 aromatic carbocycles. The van der Waals surface area contributed by atoms with Gasteiger partial charge < -0.3 is 10.1 Å². The quantitative estimate of drug-likeness (QED) is 0.794. The molecular formula is C16H16N4O2S. The van der Waals surface area contributed by atoms with Gasteiger partial charge in [-0.25, -0.2) is 15.0 Å². The molecule has 3 aromatic heterocycles. The summed E-state index contributed by atoms with van der Waals surface area (Å²) < 4.78 is 5.54. The molecule has 0 aliphatic rings. The van der Waals surface area contributed by atoms with Gasteiger partial charge in [0.15, 0.2) is 0 Å². The van der Waals surface area contributed by atoms with E-state index in [0.29, 0.717) is 23.2 Å². The van der Waals surface area contributed by atoms with Crippen molar-refractivity contribution < 1.29 is 9.53 Å². The number of carbonyl (C=O) groups is 1. The topological polar surface area (TPSA) is 77.0 Å². The maximum Gasteiger partial charge on any atom is 0.267 e. The Morgan fingerprint density at radius 1 is 1.30 bits per heavy atom. The number of aromatic nitrogens is 3. The molecule has 3 heterocycles. The normalized spacial score (nSPS) is 10.7. The monoisotopic (exact) mass is 328 g/mol. The van der Waals surface area contributed by atoms with Crippen LogP contribution >= 0.6 is 11.3 Å². The SMILES string of the molecule is CCOc1ncnc2sc(C(=O)Nc3ncccc3C)c(C)c12. The number of anilines is 1. The van der Waals surface area contributed by atoms with Crippen LogP contribution in [-0.2, 0) is 0 Å². The Hall–Kier alpha value is -2.54. The molecule has 0 fully saturated rings. The Morgan fingerprint density at radius 2 is 2.13 bits per heavy atom. The first-order chi connectivity index (χ1) is 11.1. The zero-order valence-electron chi connectivity index (χ0n) is 13.1. The molecule has 0 aliphatic heterocycles. The van der Waals surface area contributed by atoms with Crippen LogP contribution in [0.3, 0.4) is 0 Å². The number of pyridine rings is 1. The number of hydrogen-bond donors (Lipinski definition) is 1. The lowest BCUT2D eigenvalue weighted by atomic mass is 10.2. The van der Waals surface area contributed by atoms with Crippen LogP contribution in [0.4, 0.5) is 5.82 Å². The standard InChI is InChI=1S/C16H16N4O2S/c1-4-22-15-11-10(3)12(23-16(11)19-8-18-15)14(21)20-13-9(2)6-5-7-17-13/h5-8H,4H2,1-3H3,(H,17,20,21). The predicted molar refractivity (Wildman–Crippen MR) is 90.2 cm³/mol. The van der Waals surface area contributed by atoms with Crippen LogP contribution in [0.25, 0.3) is 10.2 Å². The Balaban J connectivity index is 2.00. The Kier molecular flexibility index (Phi) is 4.20. The van der Waals surface area contributed by atoms with Crippen LogP contribution in [0, 0.1) is 13.8 Å². The van der Waals surface area contributed by atoms with Crippen LogP contribution in [0.5, 0.6) is 5.88 Å². The second-order valence-corrected chi connectivity index (χ2v) is 5.97. The van der Waals surface area contributed by atoms with Gasteiger partial charge in [-0.1, -0.05) is 6.07 Å². The van der Waals surface area contributed by atoms with Crippen LogP contribution in [0.15, 0.2) is 24.7 Å². The molecule has 0 unspecified atom stereocenters. The van der Waals surface area contributed by atoms with Gasteiger partial charge in [0, 0.05) is 6.20 Å². The Morgan fingerprint density at radius 3 is 2.87 bits per heavy atom. The molecule has 0 saturated carbocycles. The zero-order valence-corrected chi connectivity index (χ0v) is 13.9. The molecule has 6 nitrogen and oxygen atoms in total. The molecular weight excluding hydrogens is 312 g/mol. The third kappa shape index (κ3) is 2.87. The number of aryl methyl sites for hydroxylation is 2. The molecule has 0 aliphatic carbocycles. The molecule has 23 heavy (non-hydrogen) atoms. The van der Waals surface area contributed by atoms with Crippen molar-refractivity contribution in [3.05, 3.63) is 40.7 Å². The third-order valence-electron chi connectivity index (χ3n) is 3.42. The van der Waals surface area contributed by atoms with Crippen molar-refractivity contribution in [2.45, 2.75) is 20.8 Å². The number of thiophene rings is 1. The third-order valence-corrected chi connectivity index (χ3v) is 4.62. The van der Waals surface area contributed by atoms with Crippen LogP contribution < -0.4 is 10.1 Å². The molecule has 1 N–H and O–H groups in total. The van der Waals surface area contributed by atoms with E-state index >= 15 is 0 Å². The van der Waals surface area contributed by atoms with E-state index in [-0.39, 0.29) is 5.91 Å². The predicted octanol–water partition coefficient (Wildman–Crippen LogP) is 3.35. The molecule has 0 atom stereocenters. The second-order valence-electron chi connectivity index (χ2n) is 4.97. The summed E-state index contributed by atoms with van der Waals surface area (Å²) in [5, 5.41) is 3.64. The smallest absolute Gasteiger partial charge is 0.267 e. The Labute approximate surface area is 137 Å². The van der Waals surface area contributed by atoms with Gasteiger partial charge in [-0.3, -0.25) is 4.79 Å². The second kappa shape index (κ2) is 6.29. The van der Waals surface area contributed by atoms with Crippen LogP contribution in [0.2, 0.25) is 0 Å². The number of hydrogen-bond acceptors (Lipinski definition) is 6. The van der Waals surface area contributed by atoms with Crippen molar-refractivity contribution in [3.63, 3.8) is 0 Å². The lowest BCUT2D eigenvalue weighted by Gasteiger charge is -2.06. The highest BCUT2D eigenvalue weighted by atomic mass is 32.1. The van der Waals surface area contributed by atoms with E-state index in [4.69, 9.17) is 4.74 Å². The van der Waals surface area contributed by atoms with Gasteiger partial charge in [0.1, 0.15) is 17.0 Å². The fraction of sp³-hybridized carbons (Fsp3) is 0.250. The number of amides is 1. The molecule has 0 saturated heterocycles. The minimum Gasteiger partial charge on any atom is -0.477 e. The number of rotatable bonds is 4. The van der Waals surface area contributed by atoms with E-state index in [1.165, 1.54) is 17.7 Å². The maximum atomic E-state index is 12.6. The van der Waals surface area contributed by atoms with E-state index < -0.39 is 0 Å². The summed E-state index contributed by atoms with van der Waals surface area (Å²) in [5.74, 6) is 0.875. The summed E-state index contributed by atoms with van der Waals surface area (Å²) >= 11 is 1.33. The highest BCUT2D eigenvalue weighted by Crippen LogP contribution is 2.34. The van der Waals surface area contributed by atoms with Crippen molar-refractivity contribution >= 4 is 33.3 Å². The van der Waals surface area contributed by atoms with Gasteiger partial charge in [-0.15, -0.1) is 11.3 Å². The van der Waals surface area contributed by atoms with Crippen LogP contribution in [0.1, 0.15) is 27.7 Å². The van der Waals surface area contributed by atoms with Gasteiger partial charge in [-0.2, -0.15) is 0 Å². The highest BCUT2D eigenvalue weighted by molar-refractivity contribution is 7.20. The molecule has 0 bridgehead atoms. The lowest BCUT2D eigenvalue weighted by molar-refractivity contribution is 0.102. The van der Waals surface area contributed by atoms with E-state index in [1.54, 1.807) is 6.20 Å². The first-order valence-electron chi connectivity index (χ1n) is 7.21. The zero-order chi connectivity index (χ0) is 16.4. The minimum atomic E-state index is -0.199. The van der Waals surface area contributed by atoms with Gasteiger partial charge in [-0.05, 0) is 38.0 Å². The maximum absolute atomic E-state index is 12.6. The first kappa shape index (κ1) is 15.4. The molecule has 3 aromatic rings. The largest absolute Gasteiger partial charge is 0.477 e. The van der Waals surface area contributed by atoms with E-state index in [0.717, 1.165) is 21.3 Å². The van der Waals surface area contributed by atoms with Crippen molar-refractivity contribution in [1.29, 1.82) is 0 Å². The lowest BCUT2D eigenvalue weighted by Crippen LogP contribution is -2.13. The van der Waals surface area contributed by atoms with Gasteiger partial charge in [0.05, 0.1) is 16.9 Å². The highest BCUT2D eigenvalue weighted by Gasteiger charge is 2.20. The van der Waals surface area contributed by atoms with Crippen molar-refractivity contribution in [1.82, 2.24) is 15.0 Å². The van der Waals surface area contributed by atoms with Crippen molar-refractivity contribution in [2.75, 3.05) is 11.9 Å². The molecule has 0 spiro atoms. The summed E-state index contributed by atoms with van der Waals surface area (Å²) in [5.41, 5.74) is 1.73. The number of carbonyl (C=O) groups excluding carboxylic acids is 1. The minimum absolute atomic E-state index is 0.199. The van der Waals surface area contributed by atoms with Gasteiger partial charge >= 0.3 is 0 Å². The van der Waals surface area contributed by atoms with E-state index in [9.17, 15) is 4.79 Å². The molecule has 0 radical (unpaired) electrons. The molecule has 3 rings (SSSR count). The first-order valence-corrected chi connectivity index (χ1v) is 8.03. The fourth-order valence-corrected chi connectivity index (χ4v) is 3.32. The molecule has 1 amide bonds. The number of fused-ring (bicyclic) bond motifs is 1. The van der Waals surface area contributed by atoms with Crippen LogP contribution in [-0.4, -0.2) is 27.5 Å². The summed E-state index contributed by atoms with van der Waals surface area (Å²) in [6, 6.07) is 3.73. The average molecular weight is 328 g/mol. The molecule has 118 valence electrons.